The van der Waals surface area contributed by atoms with Gasteiger partial charge in [-0.3, -0.25) is 0 Å². The van der Waals surface area contributed by atoms with Crippen LogP contribution >= 0.6 is 23.1 Å². The number of pyridine rings is 1. The van der Waals surface area contributed by atoms with Crippen LogP contribution in [0.15, 0.2) is 46.9 Å². The second-order valence-electron chi connectivity index (χ2n) is 6.30. The number of rotatable bonds is 9. The van der Waals surface area contributed by atoms with Crippen molar-refractivity contribution >= 4 is 34.3 Å². The first-order chi connectivity index (χ1) is 14.2. The van der Waals surface area contributed by atoms with Crippen LogP contribution in [-0.4, -0.2) is 30.5 Å². The van der Waals surface area contributed by atoms with Gasteiger partial charge in [0.05, 0.1) is 12.2 Å². The molecule has 2 aromatic heterocycles. The van der Waals surface area contributed by atoms with E-state index in [0.717, 1.165) is 34.5 Å². The van der Waals surface area contributed by atoms with Crippen LogP contribution < -0.4 is 0 Å². The number of aliphatic hydroxyl groups excluding tert-OH is 1. The van der Waals surface area contributed by atoms with Gasteiger partial charge in [-0.05, 0) is 40.9 Å². The summed E-state index contributed by atoms with van der Waals surface area (Å²) in [7, 11) is 0. The number of nitriles is 1. The molecule has 0 fully saturated rings. The molecule has 5 nitrogen and oxygen atoms in total. The molecule has 1 unspecified atom stereocenters. The molecule has 1 N–H and O–H groups in total. The smallest absolute Gasteiger partial charge is 0.156 e. The van der Waals surface area contributed by atoms with Crippen LogP contribution in [0.25, 0.3) is 21.8 Å². The van der Waals surface area contributed by atoms with Gasteiger partial charge in [0.15, 0.2) is 5.08 Å². The van der Waals surface area contributed by atoms with E-state index < -0.39 is 11.2 Å². The van der Waals surface area contributed by atoms with Crippen LogP contribution in [0.1, 0.15) is 30.9 Å². The molecule has 2 heterocycles. The van der Waals surface area contributed by atoms with E-state index in [9.17, 15) is 14.9 Å². The van der Waals surface area contributed by atoms with Gasteiger partial charge in [-0.25, -0.2) is 9.97 Å². The van der Waals surface area contributed by atoms with Crippen molar-refractivity contribution in [2.24, 2.45) is 0 Å². The van der Waals surface area contributed by atoms with Crippen molar-refractivity contribution < 1.29 is 9.66 Å². The molecule has 150 valence electrons. The van der Waals surface area contributed by atoms with Gasteiger partial charge in [0.1, 0.15) is 27.5 Å². The zero-order valence-corrected chi connectivity index (χ0v) is 18.4. The standard InChI is InChI=1S/C21H21N3O2S3/c1-2-3-9-29(26)14-28-20-18(12-22)17(16-6-4-5-15(10-16)13-25)11-19(24-20)21-23-7-8-27-21/h4-8,10-11,25H,2-3,9,13-14H2,1H3. The van der Waals surface area contributed by atoms with Crippen molar-refractivity contribution in [2.75, 3.05) is 10.8 Å². The van der Waals surface area contributed by atoms with E-state index >= 15 is 0 Å². The summed E-state index contributed by atoms with van der Waals surface area (Å²) in [6.45, 7) is 2.00. The molecule has 0 amide bonds. The molecule has 3 aromatic rings. The predicted molar refractivity (Wildman–Crippen MR) is 120 cm³/mol. The Morgan fingerprint density at radius 3 is 2.90 bits per heavy atom. The molecule has 1 atom stereocenters. The largest absolute Gasteiger partial charge is 0.616 e. The molecule has 3 rings (SSSR count). The average Bonchev–Trinajstić information content (AvgIpc) is 3.30. The van der Waals surface area contributed by atoms with Gasteiger partial charge >= 0.3 is 0 Å². The Morgan fingerprint density at radius 2 is 2.21 bits per heavy atom. The summed E-state index contributed by atoms with van der Waals surface area (Å²) < 4.78 is 12.3. The van der Waals surface area contributed by atoms with Gasteiger partial charge in [0, 0.05) is 17.1 Å². The highest BCUT2D eigenvalue weighted by atomic mass is 32.3. The summed E-state index contributed by atoms with van der Waals surface area (Å²) in [5, 5.41) is 23.0. The number of nitrogens with zero attached hydrogens (tertiary/aromatic N) is 3. The molecular weight excluding hydrogens is 422 g/mol. The third kappa shape index (κ3) is 5.59. The molecule has 29 heavy (non-hydrogen) atoms. The Hall–Kier alpha value is -1.89. The fourth-order valence-corrected chi connectivity index (χ4v) is 5.86. The first kappa shape index (κ1) is 21.8. The van der Waals surface area contributed by atoms with E-state index in [4.69, 9.17) is 0 Å². The monoisotopic (exact) mass is 443 g/mol. The average molecular weight is 444 g/mol. The fraction of sp³-hybridized carbons (Fsp3) is 0.286. The van der Waals surface area contributed by atoms with E-state index in [1.165, 1.54) is 23.1 Å². The molecular formula is C21H21N3O2S3. The number of hydrogen-bond donors (Lipinski definition) is 1. The Kier molecular flexibility index (Phi) is 8.09. The minimum atomic E-state index is -0.963. The van der Waals surface area contributed by atoms with Crippen molar-refractivity contribution in [3.63, 3.8) is 0 Å². The summed E-state index contributed by atoms with van der Waals surface area (Å²) in [4.78, 5) is 9.02. The van der Waals surface area contributed by atoms with E-state index in [1.807, 2.05) is 35.7 Å². The van der Waals surface area contributed by atoms with Gasteiger partial charge in [-0.15, -0.1) is 11.3 Å². The number of thiazole rings is 1. The zero-order valence-electron chi connectivity index (χ0n) is 16.0. The van der Waals surface area contributed by atoms with E-state index in [0.29, 0.717) is 27.1 Å². The second-order valence-corrected chi connectivity index (χ2v) is 10.1. The summed E-state index contributed by atoms with van der Waals surface area (Å²) >= 11 is 1.87. The van der Waals surface area contributed by atoms with E-state index in [-0.39, 0.29) is 6.61 Å². The van der Waals surface area contributed by atoms with Crippen molar-refractivity contribution in [1.29, 1.82) is 5.26 Å². The molecule has 0 saturated carbocycles. The Labute approximate surface area is 182 Å². The Balaban J connectivity index is 2.04. The van der Waals surface area contributed by atoms with Gasteiger partial charge in [-0.2, -0.15) is 5.26 Å². The highest BCUT2D eigenvalue weighted by Crippen LogP contribution is 2.35. The van der Waals surface area contributed by atoms with Gasteiger partial charge in [0.25, 0.3) is 0 Å². The van der Waals surface area contributed by atoms with Gasteiger partial charge < -0.3 is 9.66 Å². The van der Waals surface area contributed by atoms with Crippen molar-refractivity contribution in [2.45, 2.75) is 31.4 Å². The van der Waals surface area contributed by atoms with Crippen LogP contribution in [-0.2, 0) is 17.8 Å². The van der Waals surface area contributed by atoms with Crippen molar-refractivity contribution in [1.82, 2.24) is 9.97 Å². The summed E-state index contributed by atoms with van der Waals surface area (Å²) in [6, 6.07) is 11.6. The molecule has 0 bridgehead atoms. The first-order valence-corrected chi connectivity index (χ1v) is 12.5. The van der Waals surface area contributed by atoms with Crippen molar-refractivity contribution in [3.05, 3.63) is 53.0 Å². The number of aromatic nitrogens is 2. The molecule has 0 radical (unpaired) electrons. The third-order valence-corrected chi connectivity index (χ3v) is 7.85. The van der Waals surface area contributed by atoms with Crippen molar-refractivity contribution in [3.8, 4) is 27.9 Å². The second kappa shape index (κ2) is 10.8. The minimum Gasteiger partial charge on any atom is -0.616 e. The number of benzene rings is 1. The van der Waals surface area contributed by atoms with Gasteiger partial charge in [-0.1, -0.05) is 43.3 Å². The molecule has 0 aliphatic heterocycles. The summed E-state index contributed by atoms with van der Waals surface area (Å²) in [6.07, 6.45) is 3.64. The van der Waals surface area contributed by atoms with E-state index in [2.05, 4.69) is 23.0 Å². The quantitative estimate of drug-likeness (QED) is 0.376. The lowest BCUT2D eigenvalue weighted by molar-refractivity contribution is 0.282. The zero-order chi connectivity index (χ0) is 20.6. The lowest BCUT2D eigenvalue weighted by Gasteiger charge is -2.13. The topological polar surface area (TPSA) is 92.9 Å². The fourth-order valence-electron chi connectivity index (χ4n) is 2.74. The molecule has 0 aliphatic carbocycles. The maximum absolute atomic E-state index is 12.3. The maximum Gasteiger partial charge on any atom is 0.156 e. The summed E-state index contributed by atoms with van der Waals surface area (Å²) in [5.41, 5.74) is 3.49. The van der Waals surface area contributed by atoms with Crippen LogP contribution in [0.2, 0.25) is 0 Å². The Morgan fingerprint density at radius 1 is 1.34 bits per heavy atom. The van der Waals surface area contributed by atoms with Crippen LogP contribution in [0.3, 0.4) is 0 Å². The molecule has 0 spiro atoms. The Bertz CT molecular complexity index is 987. The normalized spacial score (nSPS) is 11.9. The lowest BCUT2D eigenvalue weighted by Crippen LogP contribution is -2.09. The molecule has 1 aromatic carbocycles. The van der Waals surface area contributed by atoms with Crippen LogP contribution in [0.4, 0.5) is 0 Å². The highest BCUT2D eigenvalue weighted by molar-refractivity contribution is 8.12. The number of unbranched alkanes of at least 4 members (excludes halogenated alkanes) is 1. The predicted octanol–water partition coefficient (Wildman–Crippen LogP) is 4.83. The third-order valence-electron chi connectivity index (χ3n) is 4.22. The lowest BCUT2D eigenvalue weighted by atomic mass is 9.99. The number of thioether (sulfide) groups is 1. The maximum atomic E-state index is 12.3. The minimum absolute atomic E-state index is 0.0713. The van der Waals surface area contributed by atoms with Gasteiger partial charge in [0.2, 0.25) is 0 Å². The highest BCUT2D eigenvalue weighted by Gasteiger charge is 2.19. The molecule has 0 saturated heterocycles. The molecule has 0 aliphatic rings. The van der Waals surface area contributed by atoms with Crippen LogP contribution in [0.5, 0.6) is 0 Å². The number of hydrogen-bond acceptors (Lipinski definition) is 7. The SMILES string of the molecule is CCCC[S+]([O-])CSc1nc(-c2nccs2)cc(-c2cccc(CO)c2)c1C#N. The summed E-state index contributed by atoms with van der Waals surface area (Å²) in [5.74, 6) is 0.656. The first-order valence-electron chi connectivity index (χ1n) is 9.19. The van der Waals surface area contributed by atoms with Crippen LogP contribution in [0, 0.1) is 11.3 Å². The number of aliphatic hydroxyl groups is 1. The molecule has 8 heteroatoms. The van der Waals surface area contributed by atoms with E-state index in [1.54, 1.807) is 6.20 Å².